The number of guanidine groups is 1. The van der Waals surface area contributed by atoms with Gasteiger partial charge in [-0.2, -0.15) is 13.2 Å². The van der Waals surface area contributed by atoms with Gasteiger partial charge in [0, 0.05) is 19.8 Å². The second-order valence-electron chi connectivity index (χ2n) is 4.73. The Hall–Kier alpha value is -1.96. The van der Waals surface area contributed by atoms with Crippen LogP contribution in [0.1, 0.15) is 18.9 Å². The molecule has 23 heavy (non-hydrogen) atoms. The number of alkyl halides is 3. The largest absolute Gasteiger partial charge is 0.484 e. The van der Waals surface area contributed by atoms with Gasteiger partial charge in [0.25, 0.3) is 0 Å². The molecule has 130 valence electrons. The molecule has 0 saturated heterocycles. The number of hydrogen-bond donors (Lipinski definition) is 2. The lowest BCUT2D eigenvalue weighted by atomic mass is 10.2. The minimum absolute atomic E-state index is 0.164. The summed E-state index contributed by atoms with van der Waals surface area (Å²) in [6, 6.07) is 6.25. The summed E-state index contributed by atoms with van der Waals surface area (Å²) in [6.07, 6.45) is -3.51. The van der Waals surface area contributed by atoms with Crippen molar-refractivity contribution >= 4 is 5.96 Å². The van der Waals surface area contributed by atoms with Gasteiger partial charge in [0.1, 0.15) is 5.75 Å². The van der Waals surface area contributed by atoms with Gasteiger partial charge in [-0.05, 0) is 31.0 Å². The molecule has 0 unspecified atom stereocenters. The smallest absolute Gasteiger partial charge is 0.422 e. The number of nitrogens with one attached hydrogen (secondary N) is 1. The maximum absolute atomic E-state index is 12.0. The van der Waals surface area contributed by atoms with E-state index in [4.69, 9.17) is 10.5 Å². The van der Waals surface area contributed by atoms with Crippen LogP contribution < -0.4 is 15.8 Å². The molecule has 0 saturated carbocycles. The fourth-order valence-electron chi connectivity index (χ4n) is 1.62. The van der Waals surface area contributed by atoms with Crippen molar-refractivity contribution in [3.63, 3.8) is 0 Å². The Morgan fingerprint density at radius 2 is 1.96 bits per heavy atom. The van der Waals surface area contributed by atoms with Crippen molar-refractivity contribution in [2.75, 3.05) is 26.4 Å². The molecule has 0 spiro atoms. The summed E-state index contributed by atoms with van der Waals surface area (Å²) in [4.78, 5) is 4.15. The Labute approximate surface area is 133 Å². The van der Waals surface area contributed by atoms with Crippen molar-refractivity contribution < 1.29 is 22.6 Å². The van der Waals surface area contributed by atoms with Crippen LogP contribution in [0.3, 0.4) is 0 Å². The van der Waals surface area contributed by atoms with Gasteiger partial charge >= 0.3 is 6.18 Å². The van der Waals surface area contributed by atoms with Gasteiger partial charge < -0.3 is 20.5 Å². The van der Waals surface area contributed by atoms with Crippen LogP contribution in [0.2, 0.25) is 0 Å². The van der Waals surface area contributed by atoms with Crippen LogP contribution >= 0.6 is 0 Å². The van der Waals surface area contributed by atoms with Gasteiger partial charge in [0.2, 0.25) is 0 Å². The van der Waals surface area contributed by atoms with Gasteiger partial charge in [-0.15, -0.1) is 0 Å². The highest BCUT2D eigenvalue weighted by atomic mass is 19.4. The number of nitrogens with two attached hydrogens (primary N) is 1. The fourth-order valence-corrected chi connectivity index (χ4v) is 1.62. The lowest BCUT2D eigenvalue weighted by Crippen LogP contribution is -2.32. The predicted molar refractivity (Wildman–Crippen MR) is 82.4 cm³/mol. The van der Waals surface area contributed by atoms with Crippen molar-refractivity contribution in [1.82, 2.24) is 5.32 Å². The molecule has 0 aliphatic rings. The Balaban J connectivity index is 2.32. The van der Waals surface area contributed by atoms with E-state index in [-0.39, 0.29) is 5.75 Å². The predicted octanol–water partition coefficient (Wildman–Crippen LogP) is 2.46. The number of benzene rings is 1. The minimum atomic E-state index is -4.34. The van der Waals surface area contributed by atoms with Crippen LogP contribution in [0.4, 0.5) is 13.2 Å². The number of nitrogens with zero attached hydrogens (tertiary/aromatic N) is 1. The highest BCUT2D eigenvalue weighted by Crippen LogP contribution is 2.19. The molecule has 1 aromatic carbocycles. The van der Waals surface area contributed by atoms with E-state index in [2.05, 4.69) is 15.0 Å². The molecule has 0 heterocycles. The summed E-state index contributed by atoms with van der Waals surface area (Å²) < 4.78 is 45.9. The maximum atomic E-state index is 12.0. The van der Waals surface area contributed by atoms with Crippen LogP contribution in [-0.2, 0) is 11.3 Å². The lowest BCUT2D eigenvalue weighted by Gasteiger charge is -2.09. The topological polar surface area (TPSA) is 68.9 Å². The van der Waals surface area contributed by atoms with Crippen LogP contribution in [0.5, 0.6) is 5.75 Å². The molecule has 0 aliphatic heterocycles. The van der Waals surface area contributed by atoms with Crippen LogP contribution in [0, 0.1) is 0 Å². The first-order valence-electron chi connectivity index (χ1n) is 7.30. The summed E-state index contributed by atoms with van der Waals surface area (Å²) in [7, 11) is 0. The minimum Gasteiger partial charge on any atom is -0.484 e. The van der Waals surface area contributed by atoms with Gasteiger partial charge in [-0.3, -0.25) is 0 Å². The zero-order valence-electron chi connectivity index (χ0n) is 13.0. The number of rotatable bonds is 9. The molecule has 3 N–H and O–H groups in total. The molecule has 1 aromatic rings. The van der Waals surface area contributed by atoms with Crippen molar-refractivity contribution in [3.8, 4) is 5.75 Å². The number of aliphatic imine (C=N–C) groups is 1. The standard InChI is InChI=1S/C15H22F3N3O2/c1-2-22-9-3-8-20-14(19)21-10-12-4-6-13(7-5-12)23-11-15(16,17)18/h4-7H,2-3,8-11H2,1H3,(H3,19,20,21). The first-order chi connectivity index (χ1) is 10.9. The molecule has 0 bridgehead atoms. The highest BCUT2D eigenvalue weighted by Gasteiger charge is 2.28. The molecule has 1 rings (SSSR count). The van der Waals surface area contributed by atoms with Crippen molar-refractivity contribution in [3.05, 3.63) is 29.8 Å². The summed E-state index contributed by atoms with van der Waals surface area (Å²) in [5.41, 5.74) is 6.53. The van der Waals surface area contributed by atoms with E-state index < -0.39 is 12.8 Å². The van der Waals surface area contributed by atoms with Gasteiger partial charge in [-0.1, -0.05) is 12.1 Å². The van der Waals surface area contributed by atoms with E-state index in [1.54, 1.807) is 12.1 Å². The third-order valence-corrected chi connectivity index (χ3v) is 2.73. The van der Waals surface area contributed by atoms with Crippen molar-refractivity contribution in [1.29, 1.82) is 0 Å². The van der Waals surface area contributed by atoms with Gasteiger partial charge in [-0.25, -0.2) is 4.99 Å². The molecule has 0 atom stereocenters. The first kappa shape index (κ1) is 19.1. The highest BCUT2D eigenvalue weighted by molar-refractivity contribution is 5.77. The second kappa shape index (κ2) is 9.94. The number of ether oxygens (including phenoxy) is 2. The molecule has 8 heteroatoms. The van der Waals surface area contributed by atoms with Crippen LogP contribution in [0.15, 0.2) is 29.3 Å². The molecule has 0 aliphatic carbocycles. The van der Waals surface area contributed by atoms with Crippen molar-refractivity contribution in [2.45, 2.75) is 26.1 Å². The molecule has 0 amide bonds. The third-order valence-electron chi connectivity index (χ3n) is 2.73. The van der Waals surface area contributed by atoms with E-state index in [1.807, 2.05) is 6.92 Å². The van der Waals surface area contributed by atoms with Gasteiger partial charge in [0.15, 0.2) is 12.6 Å². The Bertz CT molecular complexity index is 476. The lowest BCUT2D eigenvalue weighted by molar-refractivity contribution is -0.153. The van der Waals surface area contributed by atoms with Crippen LogP contribution in [-0.4, -0.2) is 38.5 Å². The molecular formula is C15H22F3N3O2. The van der Waals surface area contributed by atoms with E-state index in [0.717, 1.165) is 12.0 Å². The average molecular weight is 333 g/mol. The van der Waals surface area contributed by atoms with E-state index in [0.29, 0.717) is 32.3 Å². The SMILES string of the molecule is CCOCCCNC(N)=NCc1ccc(OCC(F)(F)F)cc1. The van der Waals surface area contributed by atoms with Gasteiger partial charge in [0.05, 0.1) is 6.54 Å². The van der Waals surface area contributed by atoms with Crippen molar-refractivity contribution in [2.24, 2.45) is 10.7 Å². The van der Waals surface area contributed by atoms with E-state index >= 15 is 0 Å². The fraction of sp³-hybridized carbons (Fsp3) is 0.533. The molecule has 0 aromatic heterocycles. The Kier molecular flexibility index (Phi) is 8.25. The quantitative estimate of drug-likeness (QED) is 0.414. The summed E-state index contributed by atoms with van der Waals surface area (Å²) in [6.45, 7) is 2.98. The summed E-state index contributed by atoms with van der Waals surface area (Å²) in [5.74, 6) is 0.482. The Morgan fingerprint density at radius 1 is 1.26 bits per heavy atom. The normalized spacial score (nSPS) is 12.3. The zero-order chi connectivity index (χ0) is 17.1. The van der Waals surface area contributed by atoms with E-state index in [1.165, 1.54) is 12.1 Å². The zero-order valence-corrected chi connectivity index (χ0v) is 13.0. The number of hydrogen-bond acceptors (Lipinski definition) is 3. The number of halogens is 3. The molecule has 0 radical (unpaired) electrons. The second-order valence-corrected chi connectivity index (χ2v) is 4.73. The Morgan fingerprint density at radius 3 is 2.57 bits per heavy atom. The molecular weight excluding hydrogens is 311 g/mol. The maximum Gasteiger partial charge on any atom is 0.422 e. The van der Waals surface area contributed by atoms with E-state index in [9.17, 15) is 13.2 Å². The molecule has 5 nitrogen and oxygen atoms in total. The van der Waals surface area contributed by atoms with Crippen LogP contribution in [0.25, 0.3) is 0 Å². The first-order valence-corrected chi connectivity index (χ1v) is 7.30. The summed E-state index contributed by atoms with van der Waals surface area (Å²) >= 11 is 0. The monoisotopic (exact) mass is 333 g/mol. The average Bonchev–Trinajstić information content (AvgIpc) is 2.51. The molecule has 0 fully saturated rings. The third kappa shape index (κ3) is 9.62. The summed E-state index contributed by atoms with van der Waals surface area (Å²) in [5, 5.41) is 2.96.